The highest BCUT2D eigenvalue weighted by molar-refractivity contribution is 7.89. The van der Waals surface area contributed by atoms with E-state index in [-0.39, 0.29) is 20.5 Å². The van der Waals surface area contributed by atoms with E-state index in [4.69, 9.17) is 33.6 Å². The highest BCUT2D eigenvalue weighted by atomic mass is 35.5. The first-order valence-electron chi connectivity index (χ1n) is 3.29. The van der Waals surface area contributed by atoms with Crippen LogP contribution in [-0.2, 0) is 10.0 Å². The van der Waals surface area contributed by atoms with Crippen LogP contribution >= 0.6 is 23.2 Å². The summed E-state index contributed by atoms with van der Waals surface area (Å²) in [5, 5.41) is 13.1. The number of rotatable bonds is 1. The maximum absolute atomic E-state index is 11.0. The Bertz CT molecular complexity index is 519. The summed E-state index contributed by atoms with van der Waals surface area (Å²) in [6, 6.07) is 4.15. The van der Waals surface area contributed by atoms with Gasteiger partial charge in [-0.15, -0.1) is 0 Å². The van der Waals surface area contributed by atoms with Crippen LogP contribution in [0.4, 0.5) is 0 Å². The van der Waals surface area contributed by atoms with Gasteiger partial charge in [0.25, 0.3) is 0 Å². The molecule has 0 atom stereocenters. The van der Waals surface area contributed by atoms with E-state index >= 15 is 0 Å². The van der Waals surface area contributed by atoms with E-state index in [0.717, 1.165) is 6.07 Å². The van der Waals surface area contributed by atoms with Crippen molar-refractivity contribution < 1.29 is 8.42 Å². The van der Waals surface area contributed by atoms with Gasteiger partial charge in [-0.05, 0) is 12.1 Å². The molecule has 0 aliphatic rings. The summed E-state index contributed by atoms with van der Waals surface area (Å²) in [6.07, 6.45) is 0. The Labute approximate surface area is 90.9 Å². The number of benzene rings is 1. The quantitative estimate of drug-likeness (QED) is 0.820. The van der Waals surface area contributed by atoms with Crippen molar-refractivity contribution in [2.45, 2.75) is 4.90 Å². The lowest BCUT2D eigenvalue weighted by Gasteiger charge is -2.03. The Morgan fingerprint density at radius 1 is 1.29 bits per heavy atom. The monoisotopic (exact) mass is 250 g/mol. The van der Waals surface area contributed by atoms with Crippen molar-refractivity contribution in [3.8, 4) is 6.07 Å². The fourth-order valence-corrected chi connectivity index (χ4v) is 2.20. The van der Waals surface area contributed by atoms with Gasteiger partial charge < -0.3 is 0 Å². The third-order valence-corrected chi connectivity index (χ3v) is 3.42. The number of hydrogen-bond acceptors (Lipinski definition) is 3. The summed E-state index contributed by atoms with van der Waals surface area (Å²) in [5.41, 5.74) is 0.101. The fraction of sp³-hybridized carbons (Fsp3) is 0. The molecule has 0 spiro atoms. The maximum Gasteiger partial charge on any atom is 0.239 e. The Morgan fingerprint density at radius 3 is 2.29 bits per heavy atom. The second-order valence-electron chi connectivity index (χ2n) is 2.40. The van der Waals surface area contributed by atoms with Crippen LogP contribution in [0.1, 0.15) is 5.56 Å². The summed E-state index contributed by atoms with van der Waals surface area (Å²) in [4.78, 5) is -0.289. The molecule has 1 rings (SSSR count). The lowest BCUT2D eigenvalue weighted by molar-refractivity contribution is 0.598. The second kappa shape index (κ2) is 3.75. The molecule has 0 heterocycles. The van der Waals surface area contributed by atoms with Gasteiger partial charge >= 0.3 is 0 Å². The normalized spacial score (nSPS) is 11.0. The summed E-state index contributed by atoms with van der Waals surface area (Å²) in [7, 11) is -3.91. The molecular formula is C7H4Cl2N2O2S. The molecule has 0 unspecified atom stereocenters. The zero-order valence-electron chi connectivity index (χ0n) is 6.66. The largest absolute Gasteiger partial charge is 0.239 e. The third-order valence-electron chi connectivity index (χ3n) is 1.47. The van der Waals surface area contributed by atoms with E-state index in [9.17, 15) is 8.42 Å². The Balaban J connectivity index is 3.57. The van der Waals surface area contributed by atoms with Crippen molar-refractivity contribution in [3.63, 3.8) is 0 Å². The highest BCUT2D eigenvalue weighted by Crippen LogP contribution is 2.31. The average Bonchev–Trinajstić information content (AvgIpc) is 2.07. The van der Waals surface area contributed by atoms with E-state index < -0.39 is 10.0 Å². The fourth-order valence-electron chi connectivity index (χ4n) is 0.838. The molecule has 0 bridgehead atoms. The molecule has 1 aromatic rings. The van der Waals surface area contributed by atoms with E-state index in [1.54, 1.807) is 6.07 Å². The number of primary sulfonamides is 1. The minimum atomic E-state index is -3.91. The number of nitriles is 1. The standard InChI is InChI=1S/C7H4Cl2N2O2S/c8-6-4(3-10)1-2-5(7(6)9)14(11,12)13/h1-2H,(H2,11,12,13). The van der Waals surface area contributed by atoms with Crippen LogP contribution in [0.25, 0.3) is 0 Å². The van der Waals surface area contributed by atoms with Crippen molar-refractivity contribution in [2.24, 2.45) is 5.14 Å². The zero-order chi connectivity index (χ0) is 10.9. The van der Waals surface area contributed by atoms with Crippen molar-refractivity contribution in [1.82, 2.24) is 0 Å². The van der Waals surface area contributed by atoms with Gasteiger partial charge in [-0.2, -0.15) is 5.26 Å². The molecule has 0 fully saturated rings. The summed E-state index contributed by atoms with van der Waals surface area (Å²) in [6.45, 7) is 0. The van der Waals surface area contributed by atoms with Gasteiger partial charge in [0, 0.05) is 0 Å². The van der Waals surface area contributed by atoms with Crippen LogP contribution in [0.3, 0.4) is 0 Å². The first-order valence-corrected chi connectivity index (χ1v) is 5.59. The van der Waals surface area contributed by atoms with Gasteiger partial charge in [-0.1, -0.05) is 23.2 Å². The van der Waals surface area contributed by atoms with E-state index in [1.807, 2.05) is 0 Å². The van der Waals surface area contributed by atoms with E-state index in [0.29, 0.717) is 0 Å². The topological polar surface area (TPSA) is 83.9 Å². The van der Waals surface area contributed by atoms with Crippen LogP contribution in [0.5, 0.6) is 0 Å². The van der Waals surface area contributed by atoms with Crippen LogP contribution in [0.2, 0.25) is 10.0 Å². The average molecular weight is 251 g/mol. The molecule has 0 saturated heterocycles. The predicted molar refractivity (Wildman–Crippen MR) is 52.6 cm³/mol. The molecule has 0 radical (unpaired) electrons. The van der Waals surface area contributed by atoms with Crippen LogP contribution in [-0.4, -0.2) is 8.42 Å². The predicted octanol–water partition coefficient (Wildman–Crippen LogP) is 1.51. The number of sulfonamides is 1. The minimum absolute atomic E-state index is 0.101. The molecule has 14 heavy (non-hydrogen) atoms. The Kier molecular flexibility index (Phi) is 3.02. The molecule has 0 aliphatic carbocycles. The third kappa shape index (κ3) is 1.99. The molecule has 7 heteroatoms. The summed E-state index contributed by atoms with van der Waals surface area (Å²) >= 11 is 11.2. The van der Waals surface area contributed by atoms with E-state index in [2.05, 4.69) is 0 Å². The molecule has 0 aliphatic heterocycles. The van der Waals surface area contributed by atoms with Gasteiger partial charge in [0.15, 0.2) is 0 Å². The molecule has 2 N–H and O–H groups in total. The molecule has 0 amide bonds. The first-order chi connectivity index (χ1) is 6.38. The SMILES string of the molecule is N#Cc1ccc(S(N)(=O)=O)c(Cl)c1Cl. The van der Waals surface area contributed by atoms with Gasteiger partial charge in [-0.25, -0.2) is 13.6 Å². The highest BCUT2D eigenvalue weighted by Gasteiger charge is 2.17. The number of hydrogen-bond donors (Lipinski definition) is 1. The zero-order valence-corrected chi connectivity index (χ0v) is 8.99. The molecule has 4 nitrogen and oxygen atoms in total. The number of halogens is 2. The van der Waals surface area contributed by atoms with Crippen LogP contribution in [0, 0.1) is 11.3 Å². The first kappa shape index (κ1) is 11.3. The number of nitrogens with zero attached hydrogens (tertiary/aromatic N) is 1. The van der Waals surface area contributed by atoms with Crippen molar-refractivity contribution in [1.29, 1.82) is 5.26 Å². The van der Waals surface area contributed by atoms with Crippen molar-refractivity contribution in [3.05, 3.63) is 27.7 Å². The smallest absolute Gasteiger partial charge is 0.225 e. The summed E-state index contributed by atoms with van der Waals surface area (Å²) in [5.74, 6) is 0. The van der Waals surface area contributed by atoms with Crippen molar-refractivity contribution in [2.75, 3.05) is 0 Å². The van der Waals surface area contributed by atoms with Crippen molar-refractivity contribution >= 4 is 33.2 Å². The maximum atomic E-state index is 11.0. The number of nitrogens with two attached hydrogens (primary N) is 1. The van der Waals surface area contributed by atoms with Crippen LogP contribution in [0.15, 0.2) is 17.0 Å². The molecule has 0 saturated carbocycles. The summed E-state index contributed by atoms with van der Waals surface area (Å²) < 4.78 is 21.9. The Hall–Kier alpha value is -0.800. The lowest BCUT2D eigenvalue weighted by atomic mass is 10.2. The Morgan fingerprint density at radius 2 is 1.86 bits per heavy atom. The van der Waals surface area contributed by atoms with Gasteiger partial charge in [0.05, 0.1) is 15.6 Å². The van der Waals surface area contributed by atoms with Gasteiger partial charge in [0.2, 0.25) is 10.0 Å². The van der Waals surface area contributed by atoms with Gasteiger partial charge in [-0.3, -0.25) is 0 Å². The van der Waals surface area contributed by atoms with Crippen LogP contribution < -0.4 is 5.14 Å². The molecular weight excluding hydrogens is 247 g/mol. The minimum Gasteiger partial charge on any atom is -0.225 e. The van der Waals surface area contributed by atoms with Gasteiger partial charge in [0.1, 0.15) is 11.0 Å². The molecule has 74 valence electrons. The lowest BCUT2D eigenvalue weighted by Crippen LogP contribution is -2.12. The van der Waals surface area contributed by atoms with E-state index in [1.165, 1.54) is 6.07 Å². The second-order valence-corrected chi connectivity index (χ2v) is 4.68. The molecule has 0 aromatic heterocycles. The molecule has 1 aromatic carbocycles.